The number of methoxy groups -OCH3 is 1. The molecule has 0 bridgehead atoms. The van der Waals surface area contributed by atoms with E-state index >= 15 is 0 Å². The largest absolute Gasteiger partial charge is 0.497 e. The molecule has 0 heterocycles. The minimum absolute atomic E-state index is 0.227. The van der Waals surface area contributed by atoms with Crippen molar-refractivity contribution in [2.45, 2.75) is 26.3 Å². The normalized spacial score (nSPS) is 12.0. The molecule has 5 nitrogen and oxygen atoms in total. The molecule has 104 valence electrons. The smallest absolute Gasteiger partial charge is 0.326 e. The molecule has 0 aromatic heterocycles. The van der Waals surface area contributed by atoms with Crippen LogP contribution in [0.3, 0.4) is 0 Å². The molecule has 19 heavy (non-hydrogen) atoms. The highest BCUT2D eigenvalue weighted by Crippen LogP contribution is 2.14. The van der Waals surface area contributed by atoms with Crippen molar-refractivity contribution in [3.8, 4) is 5.75 Å². The molecule has 0 aliphatic heterocycles. The molecule has 1 aromatic rings. The summed E-state index contributed by atoms with van der Waals surface area (Å²) >= 11 is 0. The zero-order chi connectivity index (χ0) is 14.4. The fraction of sp³-hybridized carbons (Fsp3) is 0.429. The number of carboxylic acid groups (broad SMARTS) is 1. The van der Waals surface area contributed by atoms with Crippen LogP contribution in [0, 0.1) is 5.92 Å². The van der Waals surface area contributed by atoms with Gasteiger partial charge < -0.3 is 15.2 Å². The predicted octanol–water partition coefficient (Wildman–Crippen LogP) is 1.46. The number of carboxylic acids is 1. The quantitative estimate of drug-likeness (QED) is 0.816. The van der Waals surface area contributed by atoms with Crippen LogP contribution in [0.15, 0.2) is 24.3 Å². The summed E-state index contributed by atoms with van der Waals surface area (Å²) in [6.45, 7) is 3.44. The molecular weight excluding hydrogens is 246 g/mol. The lowest BCUT2D eigenvalue weighted by atomic mass is 10.0. The third-order valence-corrected chi connectivity index (χ3v) is 2.71. The minimum atomic E-state index is -1.04. The lowest BCUT2D eigenvalue weighted by molar-refractivity contribution is -0.142. The van der Waals surface area contributed by atoms with Gasteiger partial charge in [0, 0.05) is 12.3 Å². The van der Waals surface area contributed by atoms with Gasteiger partial charge in [0.1, 0.15) is 11.8 Å². The Morgan fingerprint density at radius 1 is 1.37 bits per heavy atom. The maximum Gasteiger partial charge on any atom is 0.326 e. The van der Waals surface area contributed by atoms with Crippen molar-refractivity contribution in [2.75, 3.05) is 7.11 Å². The molecule has 0 aliphatic rings. The van der Waals surface area contributed by atoms with Crippen molar-refractivity contribution in [3.05, 3.63) is 29.8 Å². The van der Waals surface area contributed by atoms with Crippen LogP contribution < -0.4 is 10.1 Å². The second-order valence-electron chi connectivity index (χ2n) is 4.61. The molecule has 0 saturated heterocycles. The van der Waals surface area contributed by atoms with E-state index in [2.05, 4.69) is 5.32 Å². The number of amides is 1. The van der Waals surface area contributed by atoms with Gasteiger partial charge in [-0.25, -0.2) is 4.79 Å². The Morgan fingerprint density at radius 2 is 2.05 bits per heavy atom. The van der Waals surface area contributed by atoms with Crippen LogP contribution in [0.2, 0.25) is 0 Å². The van der Waals surface area contributed by atoms with E-state index in [9.17, 15) is 9.59 Å². The summed E-state index contributed by atoms with van der Waals surface area (Å²) in [5.74, 6) is -0.892. The third kappa shape index (κ3) is 4.62. The third-order valence-electron chi connectivity index (χ3n) is 2.71. The molecule has 0 spiro atoms. The standard InChI is InChI=1S/C14H19NO4/c1-9(2)13(16)15-12(14(17)18)8-10-5-4-6-11(7-10)19-3/h4-7,9,12H,8H2,1-3H3,(H,15,16)(H,17,18)/t12-/m0/s1. The van der Waals surface area contributed by atoms with E-state index in [0.29, 0.717) is 5.75 Å². The van der Waals surface area contributed by atoms with Gasteiger partial charge in [-0.05, 0) is 17.7 Å². The Hall–Kier alpha value is -2.04. The first-order chi connectivity index (χ1) is 8.93. The van der Waals surface area contributed by atoms with Crippen molar-refractivity contribution in [2.24, 2.45) is 5.92 Å². The summed E-state index contributed by atoms with van der Waals surface area (Å²) in [5, 5.41) is 11.7. The van der Waals surface area contributed by atoms with Crippen LogP contribution in [0.4, 0.5) is 0 Å². The van der Waals surface area contributed by atoms with Crippen LogP contribution >= 0.6 is 0 Å². The fourth-order valence-electron chi connectivity index (χ4n) is 1.57. The molecular formula is C14H19NO4. The van der Waals surface area contributed by atoms with Gasteiger partial charge in [0.25, 0.3) is 0 Å². The Balaban J connectivity index is 2.78. The fourth-order valence-corrected chi connectivity index (χ4v) is 1.57. The number of carbonyl (C=O) groups is 2. The van der Waals surface area contributed by atoms with Crippen LogP contribution in [0.25, 0.3) is 0 Å². The highest BCUT2D eigenvalue weighted by atomic mass is 16.5. The van der Waals surface area contributed by atoms with Gasteiger partial charge in [-0.15, -0.1) is 0 Å². The van der Waals surface area contributed by atoms with E-state index in [1.807, 2.05) is 0 Å². The predicted molar refractivity (Wildman–Crippen MR) is 71.1 cm³/mol. The van der Waals surface area contributed by atoms with Gasteiger partial charge in [0.2, 0.25) is 5.91 Å². The Labute approximate surface area is 112 Å². The molecule has 2 N–H and O–H groups in total. The summed E-state index contributed by atoms with van der Waals surface area (Å²) < 4.78 is 5.08. The van der Waals surface area contributed by atoms with Crippen molar-refractivity contribution in [3.63, 3.8) is 0 Å². The molecule has 0 radical (unpaired) electrons. The van der Waals surface area contributed by atoms with Gasteiger partial charge in [0.15, 0.2) is 0 Å². The zero-order valence-corrected chi connectivity index (χ0v) is 11.3. The first kappa shape index (κ1) is 15.0. The second kappa shape index (κ2) is 6.78. The second-order valence-corrected chi connectivity index (χ2v) is 4.61. The van der Waals surface area contributed by atoms with Crippen LogP contribution in [0.1, 0.15) is 19.4 Å². The lowest BCUT2D eigenvalue weighted by Crippen LogP contribution is -2.44. The molecule has 1 amide bonds. The summed E-state index contributed by atoms with van der Waals surface area (Å²) in [4.78, 5) is 22.7. The van der Waals surface area contributed by atoms with Gasteiger partial charge in [0.05, 0.1) is 7.11 Å². The number of hydrogen-bond donors (Lipinski definition) is 2. The highest BCUT2D eigenvalue weighted by molar-refractivity contribution is 5.84. The minimum Gasteiger partial charge on any atom is -0.497 e. The monoisotopic (exact) mass is 265 g/mol. The molecule has 0 fully saturated rings. The zero-order valence-electron chi connectivity index (χ0n) is 11.3. The molecule has 1 rings (SSSR count). The number of benzene rings is 1. The molecule has 5 heteroatoms. The summed E-state index contributed by atoms with van der Waals surface area (Å²) in [6, 6.07) is 6.21. The number of rotatable bonds is 6. The maximum atomic E-state index is 11.6. The van der Waals surface area contributed by atoms with Crippen LogP contribution in [0.5, 0.6) is 5.75 Å². The topological polar surface area (TPSA) is 75.6 Å². The van der Waals surface area contributed by atoms with Crippen LogP contribution in [-0.4, -0.2) is 30.1 Å². The average molecular weight is 265 g/mol. The number of hydrogen-bond acceptors (Lipinski definition) is 3. The van der Waals surface area contributed by atoms with Gasteiger partial charge in [-0.2, -0.15) is 0 Å². The van der Waals surface area contributed by atoms with E-state index in [1.54, 1.807) is 45.2 Å². The first-order valence-corrected chi connectivity index (χ1v) is 6.10. The molecule has 0 saturated carbocycles. The summed E-state index contributed by atoms with van der Waals surface area (Å²) in [5.41, 5.74) is 0.802. The number of nitrogens with one attached hydrogen (secondary N) is 1. The van der Waals surface area contributed by atoms with Crippen LogP contribution in [-0.2, 0) is 16.0 Å². The molecule has 1 atom stereocenters. The SMILES string of the molecule is COc1cccc(C[C@H](NC(=O)C(C)C)C(=O)O)c1. The van der Waals surface area contributed by atoms with Gasteiger partial charge in [-0.3, -0.25) is 4.79 Å². The van der Waals surface area contributed by atoms with E-state index in [1.165, 1.54) is 0 Å². The molecule has 0 unspecified atom stereocenters. The van der Waals surface area contributed by atoms with E-state index in [0.717, 1.165) is 5.56 Å². The highest BCUT2D eigenvalue weighted by Gasteiger charge is 2.21. The van der Waals surface area contributed by atoms with Gasteiger partial charge in [-0.1, -0.05) is 26.0 Å². The first-order valence-electron chi connectivity index (χ1n) is 6.10. The van der Waals surface area contributed by atoms with Gasteiger partial charge >= 0.3 is 5.97 Å². The Morgan fingerprint density at radius 3 is 2.58 bits per heavy atom. The lowest BCUT2D eigenvalue weighted by Gasteiger charge is -2.16. The van der Waals surface area contributed by atoms with E-state index in [4.69, 9.17) is 9.84 Å². The Kier molecular flexibility index (Phi) is 5.36. The number of carbonyl (C=O) groups excluding carboxylic acids is 1. The van der Waals surface area contributed by atoms with Crippen molar-refractivity contribution in [1.82, 2.24) is 5.32 Å². The van der Waals surface area contributed by atoms with Crippen molar-refractivity contribution >= 4 is 11.9 Å². The van der Waals surface area contributed by atoms with Crippen molar-refractivity contribution < 1.29 is 19.4 Å². The summed E-state index contributed by atoms with van der Waals surface area (Å²) in [6.07, 6.45) is 0.227. The average Bonchev–Trinajstić information content (AvgIpc) is 2.37. The van der Waals surface area contributed by atoms with E-state index in [-0.39, 0.29) is 18.2 Å². The van der Waals surface area contributed by atoms with E-state index < -0.39 is 12.0 Å². The maximum absolute atomic E-state index is 11.6. The van der Waals surface area contributed by atoms with Crippen molar-refractivity contribution in [1.29, 1.82) is 0 Å². The number of aliphatic carboxylic acids is 1. The Bertz CT molecular complexity index is 457. The number of ether oxygens (including phenoxy) is 1. The molecule has 0 aliphatic carbocycles. The summed E-state index contributed by atoms with van der Waals surface area (Å²) in [7, 11) is 1.55. The molecule has 1 aromatic carbocycles.